The molecule has 0 bridgehead atoms. The molecule has 4 heteroatoms. The maximum absolute atomic E-state index is 12.9. The van der Waals surface area contributed by atoms with Crippen molar-refractivity contribution in [1.29, 1.82) is 5.26 Å². The van der Waals surface area contributed by atoms with Gasteiger partial charge in [-0.25, -0.2) is 0 Å². The van der Waals surface area contributed by atoms with Crippen LogP contribution in [0.1, 0.15) is 37.3 Å². The van der Waals surface area contributed by atoms with Gasteiger partial charge in [0.2, 0.25) is 0 Å². The lowest BCUT2D eigenvalue weighted by molar-refractivity contribution is 0.415. The van der Waals surface area contributed by atoms with Gasteiger partial charge in [0, 0.05) is 17.2 Å². The summed E-state index contributed by atoms with van der Waals surface area (Å²) < 4.78 is 7.35. The highest BCUT2D eigenvalue weighted by Crippen LogP contribution is 2.35. The first-order chi connectivity index (χ1) is 11.3. The number of aromatic nitrogens is 1. The van der Waals surface area contributed by atoms with Crippen molar-refractivity contribution in [1.82, 2.24) is 4.57 Å². The van der Waals surface area contributed by atoms with Crippen LogP contribution in [0, 0.1) is 11.3 Å². The molecule has 0 spiro atoms. The van der Waals surface area contributed by atoms with E-state index in [1.807, 2.05) is 34.9 Å². The summed E-state index contributed by atoms with van der Waals surface area (Å²) in [7, 11) is 1.64. The first kappa shape index (κ1) is 15.4. The van der Waals surface area contributed by atoms with Crippen LogP contribution in [0.3, 0.4) is 0 Å². The molecule has 0 aliphatic heterocycles. The second-order valence-electron chi connectivity index (χ2n) is 5.89. The molecule has 1 saturated carbocycles. The van der Waals surface area contributed by atoms with E-state index in [4.69, 9.17) is 10.00 Å². The average Bonchev–Trinajstić information content (AvgIpc) is 3.10. The number of rotatable bonds is 4. The van der Waals surface area contributed by atoms with E-state index < -0.39 is 0 Å². The fourth-order valence-electron chi connectivity index (χ4n) is 3.42. The standard InChI is InChI=1S/C19H20N2O2/c1-23-18-9-5-4-8-16(18)17-11-10-14(12-13-20)19(22)21(17)15-6-2-3-7-15/h4-5,8-11,15H,2-3,6-7,12H2,1H3. The maximum atomic E-state index is 12.9. The van der Waals surface area contributed by atoms with Crippen molar-refractivity contribution in [2.75, 3.05) is 7.11 Å². The van der Waals surface area contributed by atoms with Crippen LogP contribution in [0.2, 0.25) is 0 Å². The molecule has 118 valence electrons. The van der Waals surface area contributed by atoms with Crippen molar-refractivity contribution >= 4 is 0 Å². The summed E-state index contributed by atoms with van der Waals surface area (Å²) in [5.41, 5.74) is 2.32. The zero-order valence-electron chi connectivity index (χ0n) is 13.3. The Labute approximate surface area is 135 Å². The monoisotopic (exact) mass is 308 g/mol. The highest BCUT2D eigenvalue weighted by atomic mass is 16.5. The first-order valence-electron chi connectivity index (χ1n) is 8.01. The average molecular weight is 308 g/mol. The van der Waals surface area contributed by atoms with E-state index >= 15 is 0 Å². The molecule has 1 aromatic heterocycles. The number of hydrogen-bond donors (Lipinski definition) is 0. The Morgan fingerprint density at radius 1 is 1.22 bits per heavy atom. The summed E-state index contributed by atoms with van der Waals surface area (Å²) in [5.74, 6) is 0.756. The second kappa shape index (κ2) is 6.70. The van der Waals surface area contributed by atoms with Crippen LogP contribution in [0.5, 0.6) is 5.75 Å². The van der Waals surface area contributed by atoms with Gasteiger partial charge in [0.05, 0.1) is 25.3 Å². The Bertz CT molecular complexity index is 796. The van der Waals surface area contributed by atoms with Gasteiger partial charge in [0.15, 0.2) is 0 Å². The van der Waals surface area contributed by atoms with E-state index in [1.54, 1.807) is 13.2 Å². The SMILES string of the molecule is COc1ccccc1-c1ccc(CC#N)c(=O)n1C1CCCC1. The number of nitrogens with zero attached hydrogens (tertiary/aromatic N) is 2. The normalized spacial score (nSPS) is 14.6. The third-order valence-corrected chi connectivity index (χ3v) is 4.54. The molecular weight excluding hydrogens is 288 g/mol. The molecule has 3 rings (SSSR count). The lowest BCUT2D eigenvalue weighted by Crippen LogP contribution is -2.27. The molecule has 1 aliphatic rings. The molecule has 1 aliphatic carbocycles. The fraction of sp³-hybridized carbons (Fsp3) is 0.368. The summed E-state index contributed by atoms with van der Waals surface area (Å²) in [6, 6.07) is 13.8. The van der Waals surface area contributed by atoms with Gasteiger partial charge in [0.1, 0.15) is 5.75 Å². The predicted octanol–water partition coefficient (Wildman–Crippen LogP) is 3.71. The fourth-order valence-corrected chi connectivity index (χ4v) is 3.42. The van der Waals surface area contributed by atoms with E-state index in [1.165, 1.54) is 0 Å². The van der Waals surface area contributed by atoms with E-state index in [9.17, 15) is 4.79 Å². The Morgan fingerprint density at radius 2 is 1.96 bits per heavy atom. The number of pyridine rings is 1. The number of benzene rings is 1. The molecule has 0 amide bonds. The molecule has 1 heterocycles. The molecule has 0 N–H and O–H groups in total. The number of hydrogen-bond acceptors (Lipinski definition) is 3. The Morgan fingerprint density at radius 3 is 2.65 bits per heavy atom. The topological polar surface area (TPSA) is 55.0 Å². The van der Waals surface area contributed by atoms with Gasteiger partial charge in [-0.2, -0.15) is 5.26 Å². The number of para-hydroxylation sites is 1. The van der Waals surface area contributed by atoms with Gasteiger partial charge >= 0.3 is 0 Å². The zero-order valence-corrected chi connectivity index (χ0v) is 13.3. The Balaban J connectivity index is 2.22. The van der Waals surface area contributed by atoms with E-state index in [0.717, 1.165) is 42.7 Å². The lowest BCUT2D eigenvalue weighted by atomic mass is 10.1. The van der Waals surface area contributed by atoms with Crippen molar-refractivity contribution in [2.24, 2.45) is 0 Å². The molecule has 0 unspecified atom stereocenters. The third-order valence-electron chi connectivity index (χ3n) is 4.54. The van der Waals surface area contributed by atoms with Gasteiger partial charge in [0.25, 0.3) is 5.56 Å². The van der Waals surface area contributed by atoms with Gasteiger partial charge in [-0.3, -0.25) is 4.79 Å². The lowest BCUT2D eigenvalue weighted by Gasteiger charge is -2.21. The summed E-state index contributed by atoms with van der Waals surface area (Å²) in [6.45, 7) is 0. The minimum absolute atomic E-state index is 0.0399. The van der Waals surface area contributed by atoms with E-state index in [2.05, 4.69) is 6.07 Å². The molecule has 1 aromatic carbocycles. The summed E-state index contributed by atoms with van der Waals surface area (Å²) in [5, 5.41) is 8.95. The van der Waals surface area contributed by atoms with Crippen LogP contribution in [0.25, 0.3) is 11.3 Å². The number of ether oxygens (including phenoxy) is 1. The highest BCUT2D eigenvalue weighted by Gasteiger charge is 2.23. The third kappa shape index (κ3) is 2.87. The minimum atomic E-state index is -0.0399. The Hall–Kier alpha value is -2.54. The van der Waals surface area contributed by atoms with Crippen molar-refractivity contribution < 1.29 is 4.74 Å². The zero-order chi connectivity index (χ0) is 16.2. The van der Waals surface area contributed by atoms with Crippen molar-refractivity contribution in [3.63, 3.8) is 0 Å². The highest BCUT2D eigenvalue weighted by molar-refractivity contribution is 5.68. The summed E-state index contributed by atoms with van der Waals surface area (Å²) in [4.78, 5) is 12.9. The molecule has 23 heavy (non-hydrogen) atoms. The number of nitriles is 1. The largest absolute Gasteiger partial charge is 0.496 e. The van der Waals surface area contributed by atoms with Crippen LogP contribution in [0.15, 0.2) is 41.2 Å². The molecule has 4 nitrogen and oxygen atoms in total. The first-order valence-corrected chi connectivity index (χ1v) is 8.01. The molecule has 0 atom stereocenters. The van der Waals surface area contributed by atoms with Gasteiger partial charge < -0.3 is 9.30 Å². The molecular formula is C19H20N2O2. The molecule has 0 radical (unpaired) electrons. The van der Waals surface area contributed by atoms with Crippen LogP contribution in [-0.2, 0) is 6.42 Å². The van der Waals surface area contributed by atoms with Crippen LogP contribution >= 0.6 is 0 Å². The smallest absolute Gasteiger partial charge is 0.255 e. The summed E-state index contributed by atoms with van der Waals surface area (Å²) >= 11 is 0. The van der Waals surface area contributed by atoms with Gasteiger partial charge in [-0.1, -0.05) is 31.0 Å². The van der Waals surface area contributed by atoms with E-state index in [0.29, 0.717) is 5.56 Å². The Kier molecular flexibility index (Phi) is 4.47. The quantitative estimate of drug-likeness (QED) is 0.865. The van der Waals surface area contributed by atoms with E-state index in [-0.39, 0.29) is 18.0 Å². The van der Waals surface area contributed by atoms with Crippen molar-refractivity contribution in [2.45, 2.75) is 38.1 Å². The van der Waals surface area contributed by atoms with Crippen LogP contribution in [-0.4, -0.2) is 11.7 Å². The van der Waals surface area contributed by atoms with Crippen LogP contribution < -0.4 is 10.3 Å². The molecule has 2 aromatic rings. The van der Waals surface area contributed by atoms with Crippen molar-refractivity contribution in [3.05, 3.63) is 52.3 Å². The second-order valence-corrected chi connectivity index (χ2v) is 5.89. The van der Waals surface area contributed by atoms with Gasteiger partial charge in [-0.15, -0.1) is 0 Å². The number of methoxy groups -OCH3 is 1. The maximum Gasteiger partial charge on any atom is 0.255 e. The van der Waals surface area contributed by atoms with Crippen LogP contribution in [0.4, 0.5) is 0 Å². The van der Waals surface area contributed by atoms with Crippen molar-refractivity contribution in [3.8, 4) is 23.1 Å². The predicted molar refractivity (Wildman–Crippen MR) is 89.5 cm³/mol. The molecule has 1 fully saturated rings. The summed E-state index contributed by atoms with van der Waals surface area (Å²) in [6.07, 6.45) is 4.46. The minimum Gasteiger partial charge on any atom is -0.496 e. The van der Waals surface area contributed by atoms with Gasteiger partial charge in [-0.05, 0) is 31.0 Å². The molecule has 0 saturated heterocycles.